The first-order chi connectivity index (χ1) is 45.6. The maximum atomic E-state index is 12.4. The monoisotopic (exact) mass is 1260 g/mol. The van der Waals surface area contributed by atoms with E-state index in [-0.39, 0.29) is 31.6 Å². The average Bonchev–Trinajstić information content (AvgIpc) is 3.75. The summed E-state index contributed by atoms with van der Waals surface area (Å²) < 4.78 is 10.7. The molecule has 0 aromatic carbocycles. The van der Waals surface area contributed by atoms with E-state index in [0.29, 0.717) is 12.8 Å². The number of unbranched alkanes of at least 4 members (excludes halogenated alkanes) is 22. The van der Waals surface area contributed by atoms with Crippen LogP contribution in [0.5, 0.6) is 0 Å². The van der Waals surface area contributed by atoms with Crippen molar-refractivity contribution < 1.29 is 24.2 Å². The molecule has 0 amide bonds. The Morgan fingerprint density at radius 1 is 0.250 bits per heavy atom. The molecule has 514 valence electrons. The second-order valence-electron chi connectivity index (χ2n) is 23.9. The van der Waals surface area contributed by atoms with Gasteiger partial charge in [0.25, 0.3) is 0 Å². The summed E-state index contributed by atoms with van der Waals surface area (Å²) in [7, 11) is 0. The number of ether oxygens (including phenoxy) is 2. The molecule has 0 saturated heterocycles. The van der Waals surface area contributed by atoms with Crippen LogP contribution in [0.2, 0.25) is 0 Å². The Balaban J connectivity index is 3.60. The molecular formula is C87H136O5. The summed E-state index contributed by atoms with van der Waals surface area (Å²) >= 11 is 0. The van der Waals surface area contributed by atoms with Crippen LogP contribution in [0.4, 0.5) is 0 Å². The highest BCUT2D eigenvalue weighted by Gasteiger charge is 2.16. The lowest BCUT2D eigenvalue weighted by Gasteiger charge is -2.15. The third-order valence-corrected chi connectivity index (χ3v) is 15.3. The maximum absolute atomic E-state index is 12.4. The number of aliphatic hydroxyl groups is 1. The minimum absolute atomic E-state index is 0.0943. The Hall–Kier alpha value is -5.78. The van der Waals surface area contributed by atoms with Gasteiger partial charge in [-0.2, -0.15) is 0 Å². The minimum Gasteiger partial charge on any atom is -0.462 e. The van der Waals surface area contributed by atoms with Gasteiger partial charge in [-0.25, -0.2) is 0 Å². The molecule has 0 radical (unpaired) electrons. The molecule has 5 nitrogen and oxygen atoms in total. The lowest BCUT2D eigenvalue weighted by Crippen LogP contribution is -2.28. The number of aliphatic hydroxyl groups excluding tert-OH is 1. The Kier molecular flexibility index (Phi) is 74.5. The molecule has 0 aliphatic carbocycles. The van der Waals surface area contributed by atoms with Crippen LogP contribution >= 0.6 is 0 Å². The molecule has 0 aromatic rings. The van der Waals surface area contributed by atoms with Crippen molar-refractivity contribution in [1.29, 1.82) is 0 Å². The molecule has 0 aliphatic heterocycles. The normalized spacial score (nSPS) is 13.6. The summed E-state index contributed by atoms with van der Waals surface area (Å²) in [4.78, 5) is 24.7. The number of esters is 2. The summed E-state index contributed by atoms with van der Waals surface area (Å²) in [5, 5.41) is 9.71. The van der Waals surface area contributed by atoms with Gasteiger partial charge in [-0.05, 0) is 154 Å². The largest absolute Gasteiger partial charge is 0.462 e. The molecule has 0 rings (SSSR count). The van der Waals surface area contributed by atoms with Crippen LogP contribution < -0.4 is 0 Å². The lowest BCUT2D eigenvalue weighted by molar-refractivity contribution is -0.161. The fraction of sp³-hybridized carbons (Fsp3) is 0.563. The first kappa shape index (κ1) is 86.2. The summed E-state index contributed by atoms with van der Waals surface area (Å²) in [5.41, 5.74) is 0. The van der Waals surface area contributed by atoms with Gasteiger partial charge >= 0.3 is 11.9 Å². The van der Waals surface area contributed by atoms with Gasteiger partial charge in [-0.1, -0.05) is 348 Å². The second kappa shape index (κ2) is 79.5. The van der Waals surface area contributed by atoms with E-state index < -0.39 is 6.10 Å². The third-order valence-electron chi connectivity index (χ3n) is 15.3. The number of rotatable bonds is 66. The lowest BCUT2D eigenvalue weighted by atomic mass is 10.0. The first-order valence-corrected chi connectivity index (χ1v) is 37.3. The van der Waals surface area contributed by atoms with E-state index in [1.54, 1.807) is 0 Å². The van der Waals surface area contributed by atoms with E-state index in [2.05, 4.69) is 233 Å². The molecule has 0 spiro atoms. The van der Waals surface area contributed by atoms with Gasteiger partial charge in [0.05, 0.1) is 6.61 Å². The SMILES string of the molecule is CC/C=C\C/C=C\C/C=C\C/C=C\C/C=C\C/C=C\C/C=C\C/C=C\C/C=C\C/C=C\C/C=C\C/C=C\CCCCC(=O)OC(CO)COC(=O)CCCCCCCCCCCCCCCCCCCCCC/C=C\C/C=C\C/C=C\C/C=C\C/C=C\C/C=C\CC. The van der Waals surface area contributed by atoms with Crippen LogP contribution in [0, 0.1) is 0 Å². The van der Waals surface area contributed by atoms with E-state index >= 15 is 0 Å². The maximum Gasteiger partial charge on any atom is 0.306 e. The third kappa shape index (κ3) is 76.7. The van der Waals surface area contributed by atoms with Crippen molar-refractivity contribution in [3.8, 4) is 0 Å². The number of hydrogen-bond donors (Lipinski definition) is 1. The summed E-state index contributed by atoms with van der Waals surface area (Å²) in [6.07, 6.45) is 128. The van der Waals surface area contributed by atoms with Crippen molar-refractivity contribution in [2.75, 3.05) is 13.2 Å². The predicted molar refractivity (Wildman–Crippen MR) is 407 cm³/mol. The van der Waals surface area contributed by atoms with Gasteiger partial charge in [-0.3, -0.25) is 9.59 Å². The highest BCUT2D eigenvalue weighted by molar-refractivity contribution is 5.70. The Labute approximate surface area is 567 Å². The zero-order valence-corrected chi connectivity index (χ0v) is 59.0. The number of carbonyl (C=O) groups excluding carboxylic acids is 2. The molecule has 1 unspecified atom stereocenters. The van der Waals surface area contributed by atoms with E-state index in [1.165, 1.54) is 116 Å². The quantitative estimate of drug-likeness (QED) is 0.0373. The van der Waals surface area contributed by atoms with Crippen LogP contribution in [0.1, 0.15) is 296 Å². The standard InChI is InChI=1S/C87H136O5/c1-3-5-7-9-11-13-15-17-19-21-23-25-27-29-31-33-35-37-39-41-43-45-47-49-51-53-55-57-59-61-63-65-67-69-71-73-75-77-79-81-86(89)91-84-85(83-88)92-87(90)82-80-78-76-74-72-70-68-66-64-62-60-58-56-54-52-50-48-46-44-42-40-38-36-34-32-30-28-26-24-22-20-18-16-14-12-10-8-6-4-2/h5-8,11-14,17-20,23-26,29-32,35-38,42,44,48,50,54,56,60,62,66,68,72,74,85,88H,3-4,9-10,15-16,21-22,27-28,33-34,39-41,43,45-47,49,51-53,55,57-59,61,63-65,67,69-71,73,75-84H2,1-2H3/b7-5-,8-6-,13-11-,14-12-,19-17-,20-18-,25-23-,26-24-,31-29-,32-30-,37-35-,38-36-,44-42-,50-48-,56-54-,62-60-,68-66-,74-72-. The fourth-order valence-corrected chi connectivity index (χ4v) is 9.78. The number of carbonyl (C=O) groups is 2. The van der Waals surface area contributed by atoms with E-state index in [1.807, 2.05) is 0 Å². The van der Waals surface area contributed by atoms with Crippen molar-refractivity contribution in [2.45, 2.75) is 302 Å². The van der Waals surface area contributed by atoms with Gasteiger partial charge < -0.3 is 14.6 Å². The fourth-order valence-electron chi connectivity index (χ4n) is 9.78. The summed E-state index contributed by atoms with van der Waals surface area (Å²) in [6, 6.07) is 0. The van der Waals surface area contributed by atoms with Crippen molar-refractivity contribution in [2.24, 2.45) is 0 Å². The van der Waals surface area contributed by atoms with E-state index in [0.717, 1.165) is 148 Å². The molecule has 0 heterocycles. The molecule has 0 aliphatic rings. The van der Waals surface area contributed by atoms with Crippen LogP contribution in [0.15, 0.2) is 219 Å². The van der Waals surface area contributed by atoms with Crippen LogP contribution in [0.25, 0.3) is 0 Å². The molecule has 1 atom stereocenters. The van der Waals surface area contributed by atoms with Crippen molar-refractivity contribution >= 4 is 11.9 Å². The zero-order chi connectivity index (χ0) is 66.1. The van der Waals surface area contributed by atoms with Gasteiger partial charge in [0, 0.05) is 12.8 Å². The highest BCUT2D eigenvalue weighted by atomic mass is 16.6. The first-order valence-electron chi connectivity index (χ1n) is 37.3. The summed E-state index contributed by atoms with van der Waals surface area (Å²) in [5.74, 6) is -0.648. The molecular weight excluding hydrogens is 1120 g/mol. The van der Waals surface area contributed by atoms with Crippen LogP contribution in [0.3, 0.4) is 0 Å². The zero-order valence-electron chi connectivity index (χ0n) is 59.0. The van der Waals surface area contributed by atoms with Crippen LogP contribution in [-0.2, 0) is 19.1 Å². The van der Waals surface area contributed by atoms with Crippen molar-refractivity contribution in [3.63, 3.8) is 0 Å². The smallest absolute Gasteiger partial charge is 0.306 e. The molecule has 5 heteroatoms. The minimum atomic E-state index is -0.812. The Bertz CT molecular complexity index is 2170. The van der Waals surface area contributed by atoms with Crippen LogP contribution in [-0.4, -0.2) is 36.4 Å². The Morgan fingerprint density at radius 2 is 0.435 bits per heavy atom. The van der Waals surface area contributed by atoms with Crippen molar-refractivity contribution in [3.05, 3.63) is 219 Å². The Morgan fingerprint density at radius 3 is 0.674 bits per heavy atom. The van der Waals surface area contributed by atoms with Gasteiger partial charge in [0.2, 0.25) is 0 Å². The molecule has 0 fully saturated rings. The highest BCUT2D eigenvalue weighted by Crippen LogP contribution is 2.16. The second-order valence-corrected chi connectivity index (χ2v) is 23.9. The predicted octanol–water partition coefficient (Wildman–Crippen LogP) is 26.6. The number of hydrogen-bond acceptors (Lipinski definition) is 5. The number of allylic oxidation sites excluding steroid dienone is 36. The average molecular weight is 1260 g/mol. The molecule has 1 N–H and O–H groups in total. The topological polar surface area (TPSA) is 72.8 Å². The van der Waals surface area contributed by atoms with E-state index in [4.69, 9.17) is 9.47 Å². The van der Waals surface area contributed by atoms with Gasteiger partial charge in [0.15, 0.2) is 6.10 Å². The molecule has 0 aromatic heterocycles. The van der Waals surface area contributed by atoms with Gasteiger partial charge in [-0.15, -0.1) is 0 Å². The molecule has 92 heavy (non-hydrogen) atoms. The van der Waals surface area contributed by atoms with Gasteiger partial charge in [0.1, 0.15) is 6.61 Å². The molecule has 0 saturated carbocycles. The van der Waals surface area contributed by atoms with E-state index in [9.17, 15) is 14.7 Å². The summed E-state index contributed by atoms with van der Waals surface area (Å²) in [6.45, 7) is 3.88. The van der Waals surface area contributed by atoms with Crippen molar-refractivity contribution in [1.82, 2.24) is 0 Å². The molecule has 0 bridgehead atoms.